The van der Waals surface area contributed by atoms with E-state index < -0.39 is 0 Å². The van der Waals surface area contributed by atoms with E-state index in [4.69, 9.17) is 16.3 Å². The largest absolute Gasteiger partial charge is 0.486 e. The first-order valence-corrected chi connectivity index (χ1v) is 6.82. The number of thiophene rings is 1. The molecule has 0 amide bonds. The van der Waals surface area contributed by atoms with Crippen LogP contribution in [0.4, 0.5) is 0 Å². The van der Waals surface area contributed by atoms with Gasteiger partial charge in [0.05, 0.1) is 9.90 Å². The quantitative estimate of drug-likeness (QED) is 0.769. The molecular weight excluding hydrogens is 308 g/mol. The number of rotatable bonds is 3. The molecule has 0 fully saturated rings. The number of aryl methyl sites for hydroxylation is 1. The van der Waals surface area contributed by atoms with Crippen molar-refractivity contribution in [1.82, 2.24) is 0 Å². The fraction of sp³-hybridized carbons (Fsp3) is 0.167. The highest BCUT2D eigenvalue weighted by Gasteiger charge is 2.05. The van der Waals surface area contributed by atoms with E-state index in [-0.39, 0.29) is 0 Å². The molecule has 0 aliphatic heterocycles. The molecule has 0 radical (unpaired) electrons. The summed E-state index contributed by atoms with van der Waals surface area (Å²) in [6.45, 7) is 2.55. The van der Waals surface area contributed by atoms with Gasteiger partial charge in [-0.05, 0) is 52.0 Å². The van der Waals surface area contributed by atoms with Gasteiger partial charge in [-0.1, -0.05) is 17.7 Å². The Labute approximate surface area is 112 Å². The van der Waals surface area contributed by atoms with Gasteiger partial charge in [-0.3, -0.25) is 0 Å². The third-order valence-electron chi connectivity index (χ3n) is 2.14. The minimum atomic E-state index is 0.543. The van der Waals surface area contributed by atoms with Crippen molar-refractivity contribution in [2.45, 2.75) is 13.5 Å². The summed E-state index contributed by atoms with van der Waals surface area (Å²) in [5.74, 6) is 0.729. The summed E-state index contributed by atoms with van der Waals surface area (Å²) in [6.07, 6.45) is 0. The molecule has 1 nitrogen and oxygen atoms in total. The predicted octanol–water partition coefficient (Wildman–Crippen LogP) is 5.05. The molecule has 0 atom stereocenters. The molecule has 84 valence electrons. The van der Waals surface area contributed by atoms with E-state index in [1.165, 1.54) is 0 Å². The summed E-state index contributed by atoms with van der Waals surface area (Å²) in [6, 6.07) is 7.81. The zero-order chi connectivity index (χ0) is 11.5. The Kier molecular flexibility index (Phi) is 3.90. The van der Waals surface area contributed by atoms with Gasteiger partial charge in [0.1, 0.15) is 12.4 Å². The minimum absolute atomic E-state index is 0.543. The lowest BCUT2D eigenvalue weighted by Gasteiger charge is -2.07. The summed E-state index contributed by atoms with van der Waals surface area (Å²) in [5, 5.41) is 2.69. The van der Waals surface area contributed by atoms with Crippen molar-refractivity contribution in [3.63, 3.8) is 0 Å². The average molecular weight is 318 g/mol. The Hall–Kier alpha value is -0.510. The van der Waals surface area contributed by atoms with Gasteiger partial charge in [-0.2, -0.15) is 0 Å². The second-order valence-electron chi connectivity index (χ2n) is 3.41. The van der Waals surface area contributed by atoms with Crippen molar-refractivity contribution < 1.29 is 4.74 Å². The maximum Gasteiger partial charge on any atom is 0.138 e. The van der Waals surface area contributed by atoms with E-state index in [1.54, 1.807) is 11.3 Å². The van der Waals surface area contributed by atoms with E-state index in [2.05, 4.69) is 15.9 Å². The van der Waals surface area contributed by atoms with E-state index in [9.17, 15) is 0 Å². The topological polar surface area (TPSA) is 9.23 Å². The summed E-state index contributed by atoms with van der Waals surface area (Å²) in [5.41, 5.74) is 1.13. The van der Waals surface area contributed by atoms with Crippen LogP contribution in [-0.4, -0.2) is 0 Å². The highest BCUT2D eigenvalue weighted by Crippen LogP contribution is 2.28. The van der Waals surface area contributed by atoms with Gasteiger partial charge in [-0.15, -0.1) is 11.3 Å². The monoisotopic (exact) mass is 316 g/mol. The number of hydrogen-bond donors (Lipinski definition) is 0. The molecule has 1 heterocycles. The second-order valence-corrected chi connectivity index (χ2v) is 5.68. The van der Waals surface area contributed by atoms with Crippen LogP contribution < -0.4 is 4.74 Å². The molecular formula is C12H10BrClOS. The Bertz CT molecular complexity index is 496. The van der Waals surface area contributed by atoms with Crippen LogP contribution in [0.15, 0.2) is 34.1 Å². The molecule has 0 aliphatic carbocycles. The molecule has 0 aliphatic rings. The fourth-order valence-corrected chi connectivity index (χ4v) is 2.96. The first-order valence-electron chi connectivity index (χ1n) is 4.77. The van der Waals surface area contributed by atoms with E-state index in [0.29, 0.717) is 11.6 Å². The molecule has 2 rings (SSSR count). The van der Waals surface area contributed by atoms with Crippen molar-refractivity contribution >= 4 is 38.9 Å². The number of halogens is 2. The third-order valence-corrected chi connectivity index (χ3v) is 4.33. The van der Waals surface area contributed by atoms with Crippen molar-refractivity contribution in [1.29, 1.82) is 0 Å². The van der Waals surface area contributed by atoms with Crippen molar-refractivity contribution in [2.24, 2.45) is 0 Å². The highest BCUT2D eigenvalue weighted by atomic mass is 79.9. The zero-order valence-corrected chi connectivity index (χ0v) is 11.8. The lowest BCUT2D eigenvalue weighted by atomic mass is 10.2. The average Bonchev–Trinajstić information content (AvgIpc) is 2.63. The Morgan fingerprint density at radius 2 is 2.19 bits per heavy atom. The van der Waals surface area contributed by atoms with E-state index in [0.717, 1.165) is 20.7 Å². The Morgan fingerprint density at radius 1 is 1.38 bits per heavy atom. The Balaban J connectivity index is 2.08. The molecule has 4 heteroatoms. The van der Waals surface area contributed by atoms with Crippen molar-refractivity contribution in [3.8, 4) is 5.75 Å². The lowest BCUT2D eigenvalue weighted by molar-refractivity contribution is 0.309. The summed E-state index contributed by atoms with van der Waals surface area (Å²) in [7, 11) is 0. The first kappa shape index (κ1) is 12.0. The summed E-state index contributed by atoms with van der Waals surface area (Å²) >= 11 is 11.2. The van der Waals surface area contributed by atoms with Crippen LogP contribution in [0, 0.1) is 6.92 Å². The predicted molar refractivity (Wildman–Crippen MR) is 72.5 cm³/mol. The van der Waals surface area contributed by atoms with Crippen LogP contribution in [0.2, 0.25) is 5.02 Å². The van der Waals surface area contributed by atoms with Crippen LogP contribution in [-0.2, 0) is 6.61 Å². The SMILES string of the molecule is Cc1ccc(OCc2sccc2Br)c(Cl)c1. The molecule has 16 heavy (non-hydrogen) atoms. The lowest BCUT2D eigenvalue weighted by Crippen LogP contribution is -1.94. The smallest absolute Gasteiger partial charge is 0.138 e. The minimum Gasteiger partial charge on any atom is -0.486 e. The molecule has 1 aromatic carbocycles. The van der Waals surface area contributed by atoms with Crippen molar-refractivity contribution in [3.05, 3.63) is 49.6 Å². The molecule has 0 N–H and O–H groups in total. The van der Waals surface area contributed by atoms with Crippen LogP contribution in [0.1, 0.15) is 10.4 Å². The first-order chi connectivity index (χ1) is 7.66. The maximum atomic E-state index is 6.08. The highest BCUT2D eigenvalue weighted by molar-refractivity contribution is 9.10. The third kappa shape index (κ3) is 2.78. The van der Waals surface area contributed by atoms with Gasteiger partial charge in [0, 0.05) is 4.47 Å². The normalized spacial score (nSPS) is 10.4. The molecule has 2 aromatic rings. The van der Waals surface area contributed by atoms with Crippen LogP contribution in [0.3, 0.4) is 0 Å². The summed E-state index contributed by atoms with van der Waals surface area (Å²) in [4.78, 5) is 1.16. The summed E-state index contributed by atoms with van der Waals surface area (Å²) < 4.78 is 6.75. The molecule has 0 spiro atoms. The maximum absolute atomic E-state index is 6.08. The van der Waals surface area contributed by atoms with Crippen LogP contribution in [0.25, 0.3) is 0 Å². The van der Waals surface area contributed by atoms with Crippen LogP contribution >= 0.6 is 38.9 Å². The number of benzene rings is 1. The molecule has 0 saturated carbocycles. The van der Waals surface area contributed by atoms with Gasteiger partial charge < -0.3 is 4.74 Å². The van der Waals surface area contributed by atoms with Gasteiger partial charge in [0.2, 0.25) is 0 Å². The van der Waals surface area contributed by atoms with Gasteiger partial charge in [0.25, 0.3) is 0 Å². The van der Waals surface area contributed by atoms with Gasteiger partial charge >= 0.3 is 0 Å². The molecule has 0 unspecified atom stereocenters. The van der Waals surface area contributed by atoms with Crippen molar-refractivity contribution in [2.75, 3.05) is 0 Å². The molecule has 0 bridgehead atoms. The van der Waals surface area contributed by atoms with Gasteiger partial charge in [0.15, 0.2) is 0 Å². The standard InChI is InChI=1S/C12H10BrClOS/c1-8-2-3-11(10(14)6-8)15-7-12-9(13)4-5-16-12/h2-6H,7H2,1H3. The zero-order valence-electron chi connectivity index (χ0n) is 8.67. The van der Waals surface area contributed by atoms with E-state index >= 15 is 0 Å². The molecule has 0 saturated heterocycles. The number of ether oxygens (including phenoxy) is 1. The van der Waals surface area contributed by atoms with Gasteiger partial charge in [-0.25, -0.2) is 0 Å². The van der Waals surface area contributed by atoms with Crippen LogP contribution in [0.5, 0.6) is 5.75 Å². The Morgan fingerprint density at radius 3 is 2.81 bits per heavy atom. The second kappa shape index (κ2) is 5.21. The number of hydrogen-bond acceptors (Lipinski definition) is 2. The fourth-order valence-electron chi connectivity index (χ4n) is 1.29. The molecule has 1 aromatic heterocycles. The van der Waals surface area contributed by atoms with E-state index in [1.807, 2.05) is 36.6 Å².